The number of imide groups is 2. The van der Waals surface area contributed by atoms with Crippen LogP contribution < -0.4 is 10.6 Å². The van der Waals surface area contributed by atoms with E-state index in [4.69, 9.17) is 4.98 Å². The van der Waals surface area contributed by atoms with Gasteiger partial charge in [0.2, 0.25) is 0 Å². The number of aromatic nitrogens is 1. The third kappa shape index (κ3) is 2.94. The summed E-state index contributed by atoms with van der Waals surface area (Å²) in [5, 5.41) is 6.32. The van der Waals surface area contributed by atoms with Crippen molar-refractivity contribution < 1.29 is 19.2 Å². The lowest BCUT2D eigenvalue weighted by atomic mass is 9.76. The normalized spacial score (nSPS) is 26.3. The second-order valence-electron chi connectivity index (χ2n) is 10.6. The van der Waals surface area contributed by atoms with Crippen LogP contribution in [0.5, 0.6) is 0 Å². The van der Waals surface area contributed by atoms with Crippen LogP contribution in [0.15, 0.2) is 48.5 Å². The van der Waals surface area contributed by atoms with E-state index in [0.717, 1.165) is 46.0 Å². The fourth-order valence-corrected chi connectivity index (χ4v) is 6.57. The van der Waals surface area contributed by atoms with Crippen LogP contribution in [0.4, 0.5) is 9.59 Å². The predicted molar refractivity (Wildman–Crippen MR) is 133 cm³/mol. The van der Waals surface area contributed by atoms with E-state index < -0.39 is 17.1 Å². The molecule has 3 heterocycles. The first-order chi connectivity index (χ1) is 17.8. The van der Waals surface area contributed by atoms with Gasteiger partial charge in [-0.1, -0.05) is 30.3 Å². The highest BCUT2D eigenvalue weighted by Gasteiger charge is 2.55. The zero-order chi connectivity index (χ0) is 25.5. The molecule has 2 N–H and O–H groups in total. The van der Waals surface area contributed by atoms with Gasteiger partial charge in [0.05, 0.1) is 17.8 Å². The van der Waals surface area contributed by atoms with Crippen LogP contribution in [0.2, 0.25) is 0 Å². The first kappa shape index (κ1) is 22.0. The second kappa shape index (κ2) is 7.38. The highest BCUT2D eigenvalue weighted by atomic mass is 16.2. The number of carbonyl (C=O) groups excluding carboxylic acids is 4. The van der Waals surface area contributed by atoms with Crippen LogP contribution in [-0.2, 0) is 40.9 Å². The Morgan fingerprint density at radius 3 is 2.51 bits per heavy atom. The zero-order valence-corrected chi connectivity index (χ0v) is 20.3. The SMILES string of the molecule is CN1C(=O)NC(=O)[C@]12Cc1cc3ccc(CN4C(=O)NC5(CCCc6ccccc65)C4=O)nc3cc1C2. The van der Waals surface area contributed by atoms with Crippen LogP contribution in [-0.4, -0.2) is 51.2 Å². The van der Waals surface area contributed by atoms with Gasteiger partial charge in [-0.3, -0.25) is 24.8 Å². The fraction of sp³-hybridized carbons (Fsp3) is 0.321. The van der Waals surface area contributed by atoms with Crippen molar-refractivity contribution in [3.63, 3.8) is 0 Å². The topological polar surface area (TPSA) is 112 Å². The summed E-state index contributed by atoms with van der Waals surface area (Å²) in [7, 11) is 1.65. The van der Waals surface area contributed by atoms with E-state index >= 15 is 0 Å². The van der Waals surface area contributed by atoms with E-state index in [1.54, 1.807) is 7.05 Å². The van der Waals surface area contributed by atoms with Gasteiger partial charge in [-0.05, 0) is 59.7 Å². The van der Waals surface area contributed by atoms with Crippen molar-refractivity contribution >= 4 is 34.8 Å². The summed E-state index contributed by atoms with van der Waals surface area (Å²) >= 11 is 0. The van der Waals surface area contributed by atoms with E-state index in [1.807, 2.05) is 48.5 Å². The Kier molecular flexibility index (Phi) is 4.38. The number of carbonyl (C=O) groups is 4. The zero-order valence-electron chi connectivity index (χ0n) is 20.3. The van der Waals surface area contributed by atoms with Crippen molar-refractivity contribution in [2.45, 2.75) is 49.7 Å². The van der Waals surface area contributed by atoms with Gasteiger partial charge >= 0.3 is 12.1 Å². The Bertz CT molecular complexity index is 1570. The minimum Gasteiger partial charge on any atom is -0.319 e. The number of rotatable bonds is 2. The number of aryl methyl sites for hydroxylation is 1. The number of nitrogens with zero attached hydrogens (tertiary/aromatic N) is 3. The van der Waals surface area contributed by atoms with E-state index in [1.165, 1.54) is 9.80 Å². The molecule has 2 atom stereocenters. The van der Waals surface area contributed by atoms with Gasteiger partial charge in [-0.2, -0.15) is 0 Å². The predicted octanol–water partition coefficient (Wildman–Crippen LogP) is 2.54. The Morgan fingerprint density at radius 1 is 0.946 bits per heavy atom. The van der Waals surface area contributed by atoms with Gasteiger partial charge in [0.25, 0.3) is 11.8 Å². The molecule has 2 aliphatic carbocycles. The van der Waals surface area contributed by atoms with Gasteiger partial charge in [-0.25, -0.2) is 9.59 Å². The molecule has 186 valence electrons. The number of hydrogen-bond donors (Lipinski definition) is 2. The smallest absolute Gasteiger partial charge is 0.319 e. The van der Waals surface area contributed by atoms with Gasteiger partial charge in [-0.15, -0.1) is 0 Å². The molecule has 37 heavy (non-hydrogen) atoms. The quantitative estimate of drug-likeness (QED) is 0.531. The van der Waals surface area contributed by atoms with Crippen LogP contribution >= 0.6 is 0 Å². The molecule has 6 amide bonds. The summed E-state index contributed by atoms with van der Waals surface area (Å²) in [5.74, 6) is -0.506. The minimum atomic E-state index is -1.01. The maximum absolute atomic E-state index is 13.7. The molecule has 9 heteroatoms. The molecular formula is C28H25N5O4. The molecule has 1 unspecified atom stereocenters. The molecule has 3 aromatic rings. The van der Waals surface area contributed by atoms with Gasteiger partial charge < -0.3 is 10.2 Å². The summed E-state index contributed by atoms with van der Waals surface area (Å²) in [5.41, 5.74) is 3.40. The van der Waals surface area contributed by atoms with Crippen molar-refractivity contribution in [2.24, 2.45) is 0 Å². The van der Waals surface area contributed by atoms with Crippen LogP contribution in [0.3, 0.4) is 0 Å². The van der Waals surface area contributed by atoms with Gasteiger partial charge in [0, 0.05) is 25.3 Å². The van der Waals surface area contributed by atoms with Gasteiger partial charge in [0.15, 0.2) is 0 Å². The van der Waals surface area contributed by atoms with Crippen LogP contribution in [0, 0.1) is 0 Å². The molecule has 2 spiro atoms. The van der Waals surface area contributed by atoms with E-state index in [2.05, 4.69) is 10.6 Å². The second-order valence-corrected chi connectivity index (χ2v) is 10.6. The molecule has 0 bridgehead atoms. The average Bonchev–Trinajstić information content (AvgIpc) is 3.45. The minimum absolute atomic E-state index is 0.0746. The number of pyridine rings is 1. The maximum atomic E-state index is 13.7. The van der Waals surface area contributed by atoms with Crippen molar-refractivity contribution in [1.82, 2.24) is 25.4 Å². The molecule has 2 saturated heterocycles. The third-order valence-corrected chi connectivity index (χ3v) is 8.59. The fourth-order valence-electron chi connectivity index (χ4n) is 6.57. The number of hydrogen-bond acceptors (Lipinski definition) is 5. The number of nitrogens with one attached hydrogen (secondary N) is 2. The van der Waals surface area contributed by atoms with Gasteiger partial charge in [0.1, 0.15) is 11.1 Å². The molecule has 2 fully saturated rings. The Balaban J connectivity index is 1.19. The number of fused-ring (bicyclic) bond motifs is 4. The summed E-state index contributed by atoms with van der Waals surface area (Å²) in [6.07, 6.45) is 3.18. The van der Waals surface area contributed by atoms with E-state index in [0.29, 0.717) is 25.0 Å². The number of benzene rings is 2. The summed E-state index contributed by atoms with van der Waals surface area (Å²) in [6.45, 7) is 0.0746. The summed E-state index contributed by atoms with van der Waals surface area (Å²) in [6, 6.07) is 14.8. The summed E-state index contributed by atoms with van der Waals surface area (Å²) < 4.78 is 0. The lowest BCUT2D eigenvalue weighted by Gasteiger charge is -2.33. The van der Waals surface area contributed by atoms with Crippen molar-refractivity contribution in [3.05, 3.63) is 76.5 Å². The Morgan fingerprint density at radius 2 is 1.73 bits per heavy atom. The summed E-state index contributed by atoms with van der Waals surface area (Å²) in [4.78, 5) is 58.9. The van der Waals surface area contributed by atoms with Crippen LogP contribution in [0.25, 0.3) is 10.9 Å². The van der Waals surface area contributed by atoms with Crippen LogP contribution in [0.1, 0.15) is 40.8 Å². The largest absolute Gasteiger partial charge is 0.325 e. The monoisotopic (exact) mass is 495 g/mol. The van der Waals surface area contributed by atoms with Crippen molar-refractivity contribution in [2.75, 3.05) is 7.05 Å². The molecular weight excluding hydrogens is 470 g/mol. The number of likely N-dealkylation sites (N-methyl/N-ethyl adjacent to an activating group) is 1. The average molecular weight is 496 g/mol. The molecule has 0 radical (unpaired) electrons. The first-order valence-corrected chi connectivity index (χ1v) is 12.5. The maximum Gasteiger partial charge on any atom is 0.325 e. The standard InChI is InChI=1S/C28H25N5O4/c1-32-25(36)30-23(34)27(32)13-18-11-17-8-9-20(29-22(17)12-19(18)14-27)15-33-24(35)28(31-26(33)37)10-4-6-16-5-2-3-7-21(16)28/h2-3,5,7-9,11-12H,4,6,10,13-15H2,1H3,(H,31,37)(H,30,34,36)/t27-,28?/m1/s1. The molecule has 9 nitrogen and oxygen atoms in total. The molecule has 4 aliphatic rings. The molecule has 2 aromatic carbocycles. The highest BCUT2D eigenvalue weighted by molar-refractivity contribution is 6.08. The van der Waals surface area contributed by atoms with E-state index in [-0.39, 0.29) is 24.4 Å². The number of urea groups is 2. The van der Waals surface area contributed by atoms with Crippen molar-refractivity contribution in [3.8, 4) is 0 Å². The molecule has 1 aromatic heterocycles. The lowest BCUT2D eigenvalue weighted by molar-refractivity contribution is -0.132. The molecule has 7 rings (SSSR count). The Hall–Kier alpha value is -4.27. The molecule has 0 saturated carbocycles. The Labute approximate surface area is 212 Å². The molecule has 2 aliphatic heterocycles. The lowest BCUT2D eigenvalue weighted by Crippen LogP contribution is -2.48. The van der Waals surface area contributed by atoms with E-state index in [9.17, 15) is 19.2 Å². The highest BCUT2D eigenvalue weighted by Crippen LogP contribution is 2.41. The first-order valence-electron chi connectivity index (χ1n) is 12.5. The third-order valence-electron chi connectivity index (χ3n) is 8.59. The number of amides is 6. The van der Waals surface area contributed by atoms with Crippen molar-refractivity contribution in [1.29, 1.82) is 0 Å².